The normalized spacial score (nSPS) is 12.2. The van der Waals surface area contributed by atoms with E-state index < -0.39 is 17.7 Å². The van der Waals surface area contributed by atoms with E-state index in [-0.39, 0.29) is 0 Å². The number of ether oxygens (including phenoxy) is 1. The first-order chi connectivity index (χ1) is 9.56. The van der Waals surface area contributed by atoms with E-state index in [0.717, 1.165) is 29.0 Å². The molecule has 1 unspecified atom stereocenters. The molecule has 2 aromatic carbocycles. The minimum atomic E-state index is -0.451. The minimum absolute atomic E-state index is 0.292. The lowest BCUT2D eigenvalue weighted by Gasteiger charge is -2.20. The van der Waals surface area contributed by atoms with Crippen molar-refractivity contribution in [3.63, 3.8) is 0 Å². The monoisotopic (exact) mass is 277 g/mol. The van der Waals surface area contributed by atoms with Gasteiger partial charge >= 0.3 is 0 Å². The summed E-state index contributed by atoms with van der Waals surface area (Å²) in [4.78, 5) is 0. The van der Waals surface area contributed by atoms with Crippen LogP contribution < -0.4 is 10.1 Å². The molecule has 2 nitrogen and oxygen atoms in total. The van der Waals surface area contributed by atoms with Gasteiger partial charge in [-0.25, -0.2) is 8.78 Å². The molecule has 2 aromatic rings. The van der Waals surface area contributed by atoms with Crippen LogP contribution in [0.25, 0.3) is 0 Å². The number of hydrogen-bond acceptors (Lipinski definition) is 2. The number of aryl methyl sites for hydroxylation is 1. The molecular weight excluding hydrogens is 260 g/mol. The van der Waals surface area contributed by atoms with Gasteiger partial charge in [0.1, 0.15) is 17.4 Å². The summed E-state index contributed by atoms with van der Waals surface area (Å²) in [5.41, 5.74) is 2.13. The van der Waals surface area contributed by atoms with Crippen LogP contribution in [0.15, 0.2) is 36.4 Å². The summed E-state index contributed by atoms with van der Waals surface area (Å²) in [6.07, 6.45) is 0. The molecule has 20 heavy (non-hydrogen) atoms. The Morgan fingerprint density at radius 2 is 1.80 bits per heavy atom. The van der Waals surface area contributed by atoms with E-state index in [2.05, 4.69) is 5.32 Å². The molecule has 0 aliphatic rings. The molecule has 0 heterocycles. The average molecular weight is 277 g/mol. The Morgan fingerprint density at radius 1 is 1.05 bits per heavy atom. The molecule has 0 aromatic heterocycles. The van der Waals surface area contributed by atoms with Gasteiger partial charge in [-0.3, -0.25) is 0 Å². The summed E-state index contributed by atoms with van der Waals surface area (Å²) in [6, 6.07) is 8.62. The van der Waals surface area contributed by atoms with Crippen LogP contribution in [0.3, 0.4) is 0 Å². The smallest absolute Gasteiger partial charge is 0.128 e. The zero-order valence-corrected chi connectivity index (χ0v) is 11.7. The van der Waals surface area contributed by atoms with E-state index in [1.807, 2.05) is 25.1 Å². The molecule has 0 radical (unpaired) electrons. The lowest BCUT2D eigenvalue weighted by molar-refractivity contribution is 0.414. The number of hydrogen-bond donors (Lipinski definition) is 1. The van der Waals surface area contributed by atoms with Crippen molar-refractivity contribution in [2.45, 2.75) is 13.0 Å². The Hall–Kier alpha value is -1.94. The van der Waals surface area contributed by atoms with Gasteiger partial charge in [0, 0.05) is 5.56 Å². The predicted octanol–water partition coefficient (Wildman–Crippen LogP) is 3.59. The first kappa shape index (κ1) is 14.5. The van der Waals surface area contributed by atoms with Crippen LogP contribution in [0.2, 0.25) is 0 Å². The molecule has 0 aliphatic heterocycles. The third-order valence-corrected chi connectivity index (χ3v) is 3.35. The zero-order chi connectivity index (χ0) is 14.7. The van der Waals surface area contributed by atoms with Crippen LogP contribution in [-0.4, -0.2) is 14.2 Å². The Kier molecular flexibility index (Phi) is 4.35. The summed E-state index contributed by atoms with van der Waals surface area (Å²) in [7, 11) is 3.31. The van der Waals surface area contributed by atoms with Crippen molar-refractivity contribution in [2.24, 2.45) is 0 Å². The van der Waals surface area contributed by atoms with Crippen LogP contribution in [0.1, 0.15) is 22.7 Å². The van der Waals surface area contributed by atoms with E-state index in [1.54, 1.807) is 14.2 Å². The maximum atomic E-state index is 13.9. The van der Waals surface area contributed by atoms with Gasteiger partial charge < -0.3 is 10.1 Å². The predicted molar refractivity (Wildman–Crippen MR) is 75.0 cm³/mol. The molecule has 1 N–H and O–H groups in total. The SMILES string of the molecule is CNC(c1ccc(OC)cc1C)c1cc(F)ccc1F. The molecule has 0 saturated heterocycles. The van der Waals surface area contributed by atoms with Crippen molar-refractivity contribution >= 4 is 0 Å². The molecule has 4 heteroatoms. The first-order valence-electron chi connectivity index (χ1n) is 6.33. The van der Waals surface area contributed by atoms with Gasteiger partial charge in [0.25, 0.3) is 0 Å². The number of nitrogens with one attached hydrogen (secondary N) is 1. The van der Waals surface area contributed by atoms with Gasteiger partial charge in [0.05, 0.1) is 13.2 Å². The van der Waals surface area contributed by atoms with E-state index in [1.165, 1.54) is 6.07 Å². The lowest BCUT2D eigenvalue weighted by Crippen LogP contribution is -2.20. The maximum absolute atomic E-state index is 13.9. The molecular formula is C16H17F2NO. The number of methoxy groups -OCH3 is 1. The molecule has 0 fully saturated rings. The van der Waals surface area contributed by atoms with Crippen molar-refractivity contribution in [1.29, 1.82) is 0 Å². The maximum Gasteiger partial charge on any atom is 0.128 e. The minimum Gasteiger partial charge on any atom is -0.497 e. The van der Waals surface area contributed by atoms with Crippen LogP contribution in [0, 0.1) is 18.6 Å². The summed E-state index contributed by atoms with van der Waals surface area (Å²) < 4.78 is 32.5. The van der Waals surface area contributed by atoms with Crippen LogP contribution >= 0.6 is 0 Å². The molecule has 0 spiro atoms. The lowest BCUT2D eigenvalue weighted by atomic mass is 9.94. The van der Waals surface area contributed by atoms with E-state index in [0.29, 0.717) is 5.56 Å². The topological polar surface area (TPSA) is 21.3 Å². The molecule has 0 bridgehead atoms. The van der Waals surface area contributed by atoms with E-state index in [4.69, 9.17) is 4.74 Å². The van der Waals surface area contributed by atoms with Gasteiger partial charge in [-0.15, -0.1) is 0 Å². The molecule has 0 amide bonds. The van der Waals surface area contributed by atoms with Gasteiger partial charge in [-0.1, -0.05) is 6.07 Å². The summed E-state index contributed by atoms with van der Waals surface area (Å²) in [5.74, 6) is -0.144. The van der Waals surface area contributed by atoms with E-state index in [9.17, 15) is 8.78 Å². The summed E-state index contributed by atoms with van der Waals surface area (Å²) in [5, 5.41) is 3.03. The van der Waals surface area contributed by atoms with Crippen molar-refractivity contribution in [3.05, 3.63) is 64.7 Å². The van der Waals surface area contributed by atoms with Gasteiger partial charge in [0.2, 0.25) is 0 Å². The fraction of sp³-hybridized carbons (Fsp3) is 0.250. The van der Waals surface area contributed by atoms with Crippen molar-refractivity contribution < 1.29 is 13.5 Å². The van der Waals surface area contributed by atoms with Crippen molar-refractivity contribution in [3.8, 4) is 5.75 Å². The fourth-order valence-electron chi connectivity index (χ4n) is 2.31. The Labute approximate surface area is 117 Å². The highest BCUT2D eigenvalue weighted by molar-refractivity contribution is 5.41. The second-order valence-corrected chi connectivity index (χ2v) is 4.61. The Bertz CT molecular complexity index is 613. The quantitative estimate of drug-likeness (QED) is 0.922. The molecule has 106 valence electrons. The Balaban J connectivity index is 2.49. The van der Waals surface area contributed by atoms with Gasteiger partial charge in [-0.2, -0.15) is 0 Å². The Morgan fingerprint density at radius 3 is 2.40 bits per heavy atom. The number of halogens is 2. The third kappa shape index (κ3) is 2.80. The van der Waals surface area contributed by atoms with Crippen LogP contribution in [-0.2, 0) is 0 Å². The first-order valence-corrected chi connectivity index (χ1v) is 6.33. The van der Waals surface area contributed by atoms with Crippen LogP contribution in [0.5, 0.6) is 5.75 Å². The average Bonchev–Trinajstić information content (AvgIpc) is 2.44. The number of rotatable bonds is 4. The van der Waals surface area contributed by atoms with Crippen LogP contribution in [0.4, 0.5) is 8.78 Å². The third-order valence-electron chi connectivity index (χ3n) is 3.35. The zero-order valence-electron chi connectivity index (χ0n) is 11.7. The van der Waals surface area contributed by atoms with E-state index >= 15 is 0 Å². The van der Waals surface area contributed by atoms with Gasteiger partial charge in [0.15, 0.2) is 0 Å². The highest BCUT2D eigenvalue weighted by Gasteiger charge is 2.19. The van der Waals surface area contributed by atoms with Gasteiger partial charge in [-0.05, 0) is 55.4 Å². The fourth-order valence-corrected chi connectivity index (χ4v) is 2.31. The molecule has 0 aliphatic carbocycles. The second-order valence-electron chi connectivity index (χ2n) is 4.61. The molecule has 2 rings (SSSR count). The summed E-state index contributed by atoms with van der Waals surface area (Å²) >= 11 is 0. The molecule has 1 atom stereocenters. The highest BCUT2D eigenvalue weighted by atomic mass is 19.1. The standard InChI is InChI=1S/C16H17F2NO/c1-10-8-12(20-3)5-6-13(10)16(19-2)14-9-11(17)4-7-15(14)18/h4-9,16,19H,1-3H3. The molecule has 0 saturated carbocycles. The van der Waals surface area contributed by atoms with Crippen molar-refractivity contribution in [2.75, 3.05) is 14.2 Å². The number of benzene rings is 2. The second kappa shape index (κ2) is 6.01. The highest BCUT2D eigenvalue weighted by Crippen LogP contribution is 2.29. The largest absolute Gasteiger partial charge is 0.497 e. The summed E-state index contributed by atoms with van der Waals surface area (Å²) in [6.45, 7) is 1.92. The van der Waals surface area contributed by atoms with Crippen molar-refractivity contribution in [1.82, 2.24) is 5.32 Å².